The molecule has 6 rings (SSSR count). The number of nitrogens with zero attached hydrogens (tertiary/aromatic N) is 3. The number of fused-ring (bicyclic) bond motifs is 1. The van der Waals surface area contributed by atoms with Crippen LogP contribution in [0.25, 0.3) is 22.0 Å². The Labute approximate surface area is 225 Å². The second-order valence-electron chi connectivity index (χ2n) is 9.55. The Bertz CT molecular complexity index is 1760. The number of likely N-dealkylation sites (tertiary alicyclic amines) is 1. The standard InChI is InChI=1S/C30H25FN4O3S/c31-28-11-6-12-29(33-28)32-17-21-18-34(19-21)30(36)23-13-15-24(16-14-23)39(37,38)35-20-26(22-7-2-1-3-8-22)25-9-4-5-10-27(25)35/h1-16,20-21H,17-19H2,(H,32,33). The molecule has 1 aliphatic rings. The van der Waals surface area contributed by atoms with Gasteiger partial charge in [0.15, 0.2) is 0 Å². The third-order valence-corrected chi connectivity index (χ3v) is 8.64. The van der Waals surface area contributed by atoms with Gasteiger partial charge in [-0.05, 0) is 48.0 Å². The first-order chi connectivity index (χ1) is 18.9. The van der Waals surface area contributed by atoms with Crippen molar-refractivity contribution < 1.29 is 17.6 Å². The van der Waals surface area contributed by atoms with Crippen LogP contribution in [0.3, 0.4) is 0 Å². The van der Waals surface area contributed by atoms with E-state index in [2.05, 4.69) is 10.3 Å². The van der Waals surface area contributed by atoms with Crippen LogP contribution in [0.5, 0.6) is 0 Å². The molecule has 0 aliphatic carbocycles. The molecule has 0 bridgehead atoms. The number of carbonyl (C=O) groups excluding carboxylic acids is 1. The van der Waals surface area contributed by atoms with Crippen LogP contribution in [0.2, 0.25) is 0 Å². The van der Waals surface area contributed by atoms with Gasteiger partial charge in [0.2, 0.25) is 5.95 Å². The number of nitrogens with one attached hydrogen (secondary N) is 1. The summed E-state index contributed by atoms with van der Waals surface area (Å²) in [5, 5.41) is 3.93. The van der Waals surface area contributed by atoms with Gasteiger partial charge in [0.25, 0.3) is 15.9 Å². The third kappa shape index (κ3) is 4.77. The summed E-state index contributed by atoms with van der Waals surface area (Å²) in [5.74, 6) is -0.0169. The van der Waals surface area contributed by atoms with Crippen molar-refractivity contribution in [3.05, 3.63) is 115 Å². The minimum atomic E-state index is -3.90. The van der Waals surface area contributed by atoms with E-state index in [4.69, 9.17) is 0 Å². The van der Waals surface area contributed by atoms with Crippen molar-refractivity contribution >= 4 is 32.7 Å². The van der Waals surface area contributed by atoms with Gasteiger partial charge in [-0.1, -0.05) is 54.6 Å². The Morgan fingerprint density at radius 2 is 1.62 bits per heavy atom. The highest BCUT2D eigenvalue weighted by molar-refractivity contribution is 7.90. The summed E-state index contributed by atoms with van der Waals surface area (Å²) in [5.41, 5.74) is 2.77. The Hall–Kier alpha value is -4.50. The van der Waals surface area contributed by atoms with Crippen molar-refractivity contribution in [2.45, 2.75) is 4.90 Å². The lowest BCUT2D eigenvalue weighted by atomic mass is 9.99. The fourth-order valence-corrected chi connectivity index (χ4v) is 6.25. The van der Waals surface area contributed by atoms with Crippen LogP contribution < -0.4 is 5.32 Å². The van der Waals surface area contributed by atoms with Gasteiger partial charge in [-0.3, -0.25) is 4.79 Å². The van der Waals surface area contributed by atoms with E-state index in [0.29, 0.717) is 36.5 Å². The molecule has 0 atom stereocenters. The van der Waals surface area contributed by atoms with E-state index in [1.165, 1.54) is 22.2 Å². The number of rotatable bonds is 7. The molecule has 3 aromatic carbocycles. The van der Waals surface area contributed by atoms with Gasteiger partial charge in [0.1, 0.15) is 5.82 Å². The highest BCUT2D eigenvalue weighted by Crippen LogP contribution is 2.33. The Morgan fingerprint density at radius 3 is 2.36 bits per heavy atom. The zero-order chi connectivity index (χ0) is 27.0. The van der Waals surface area contributed by atoms with Gasteiger partial charge in [0.05, 0.1) is 10.4 Å². The Balaban J connectivity index is 1.17. The highest BCUT2D eigenvalue weighted by atomic mass is 32.2. The minimum Gasteiger partial charge on any atom is -0.370 e. The van der Waals surface area contributed by atoms with E-state index in [1.807, 2.05) is 48.5 Å². The van der Waals surface area contributed by atoms with Gasteiger partial charge < -0.3 is 10.2 Å². The topological polar surface area (TPSA) is 84.3 Å². The molecule has 3 heterocycles. The fraction of sp³-hybridized carbons (Fsp3) is 0.133. The number of carbonyl (C=O) groups is 1. The summed E-state index contributed by atoms with van der Waals surface area (Å²) in [7, 11) is -3.90. The molecule has 2 aromatic heterocycles. The summed E-state index contributed by atoms with van der Waals surface area (Å²) in [4.78, 5) is 18.5. The van der Waals surface area contributed by atoms with Gasteiger partial charge in [-0.25, -0.2) is 17.4 Å². The van der Waals surface area contributed by atoms with Crippen molar-refractivity contribution in [2.24, 2.45) is 5.92 Å². The second-order valence-corrected chi connectivity index (χ2v) is 11.4. The molecule has 1 fully saturated rings. The van der Waals surface area contributed by atoms with Crippen molar-refractivity contribution in [3.63, 3.8) is 0 Å². The molecule has 7 nitrogen and oxygen atoms in total. The molecule has 1 amide bonds. The van der Waals surface area contributed by atoms with Gasteiger partial charge in [-0.15, -0.1) is 0 Å². The molecule has 1 saturated heterocycles. The first-order valence-electron chi connectivity index (χ1n) is 12.6. The van der Waals surface area contributed by atoms with E-state index in [1.54, 1.807) is 41.4 Å². The van der Waals surface area contributed by atoms with Crippen molar-refractivity contribution in [1.29, 1.82) is 0 Å². The lowest BCUT2D eigenvalue weighted by Crippen LogP contribution is -2.52. The number of anilines is 1. The molecular formula is C30H25FN4O3S. The third-order valence-electron chi connectivity index (χ3n) is 6.95. The Morgan fingerprint density at radius 1 is 0.897 bits per heavy atom. The van der Waals surface area contributed by atoms with E-state index in [-0.39, 0.29) is 16.7 Å². The largest absolute Gasteiger partial charge is 0.370 e. The van der Waals surface area contributed by atoms with Crippen LogP contribution in [0.15, 0.2) is 108 Å². The molecular weight excluding hydrogens is 515 g/mol. The molecule has 0 spiro atoms. The average molecular weight is 541 g/mol. The predicted octanol–water partition coefficient (Wildman–Crippen LogP) is 5.26. The maximum atomic E-state index is 13.7. The van der Waals surface area contributed by atoms with Crippen molar-refractivity contribution in [3.8, 4) is 11.1 Å². The summed E-state index contributed by atoms with van der Waals surface area (Å²) < 4.78 is 41.9. The number of para-hydroxylation sites is 1. The molecule has 196 valence electrons. The zero-order valence-electron chi connectivity index (χ0n) is 20.9. The number of halogens is 1. The SMILES string of the molecule is O=C(c1ccc(S(=O)(=O)n2cc(-c3ccccc3)c3ccccc32)cc1)N1CC(CNc2cccc(F)n2)C1. The van der Waals surface area contributed by atoms with Crippen LogP contribution in [0.1, 0.15) is 10.4 Å². The number of hydrogen-bond donors (Lipinski definition) is 1. The zero-order valence-corrected chi connectivity index (χ0v) is 21.7. The highest BCUT2D eigenvalue weighted by Gasteiger charge is 2.31. The smallest absolute Gasteiger partial charge is 0.268 e. The first kappa shape index (κ1) is 24.8. The summed E-state index contributed by atoms with van der Waals surface area (Å²) in [6, 6.07) is 27.7. The average Bonchev–Trinajstić information content (AvgIpc) is 3.33. The Kier molecular flexibility index (Phi) is 6.36. The summed E-state index contributed by atoms with van der Waals surface area (Å²) >= 11 is 0. The quantitative estimate of drug-likeness (QED) is 0.285. The molecule has 5 aromatic rings. The first-order valence-corrected chi connectivity index (χ1v) is 14.0. The van der Waals surface area contributed by atoms with E-state index < -0.39 is 16.0 Å². The second kappa shape index (κ2) is 9.99. The molecule has 39 heavy (non-hydrogen) atoms. The number of hydrogen-bond acceptors (Lipinski definition) is 5. The molecule has 0 saturated carbocycles. The van der Waals surface area contributed by atoms with Crippen LogP contribution in [0.4, 0.5) is 10.2 Å². The lowest BCUT2D eigenvalue weighted by molar-refractivity contribution is 0.0521. The molecule has 0 radical (unpaired) electrons. The van der Waals surface area contributed by atoms with Crippen LogP contribution in [-0.2, 0) is 10.0 Å². The summed E-state index contributed by atoms with van der Waals surface area (Å²) in [6.45, 7) is 1.69. The van der Waals surface area contributed by atoms with Crippen LogP contribution in [0, 0.1) is 11.9 Å². The monoisotopic (exact) mass is 540 g/mol. The van der Waals surface area contributed by atoms with E-state index >= 15 is 0 Å². The molecule has 9 heteroatoms. The van der Waals surface area contributed by atoms with Gasteiger partial charge in [0, 0.05) is 48.3 Å². The molecule has 0 unspecified atom stereocenters. The summed E-state index contributed by atoms with van der Waals surface area (Å²) in [6.07, 6.45) is 1.65. The number of aromatic nitrogens is 2. The predicted molar refractivity (Wildman–Crippen MR) is 148 cm³/mol. The maximum Gasteiger partial charge on any atom is 0.268 e. The fourth-order valence-electron chi connectivity index (χ4n) is 4.88. The molecule has 1 N–H and O–H groups in total. The lowest BCUT2D eigenvalue weighted by Gasteiger charge is -2.39. The van der Waals surface area contributed by atoms with Crippen molar-refractivity contribution in [2.75, 3.05) is 25.0 Å². The number of benzene rings is 3. The normalized spacial score (nSPS) is 13.8. The minimum absolute atomic E-state index is 0.104. The van der Waals surface area contributed by atoms with Gasteiger partial charge >= 0.3 is 0 Å². The maximum absolute atomic E-state index is 13.7. The van der Waals surface area contributed by atoms with Crippen molar-refractivity contribution in [1.82, 2.24) is 13.9 Å². The number of pyridine rings is 1. The van der Waals surface area contributed by atoms with Crippen LogP contribution in [-0.4, -0.2) is 47.8 Å². The molecule has 1 aliphatic heterocycles. The van der Waals surface area contributed by atoms with E-state index in [9.17, 15) is 17.6 Å². The van der Waals surface area contributed by atoms with Gasteiger partial charge in [-0.2, -0.15) is 4.39 Å². The number of amides is 1. The van der Waals surface area contributed by atoms with Crippen LogP contribution >= 0.6 is 0 Å². The van der Waals surface area contributed by atoms with E-state index in [0.717, 1.165) is 16.5 Å².